The molecule has 0 radical (unpaired) electrons. The molecule has 1 amide bonds. The van der Waals surface area contributed by atoms with Gasteiger partial charge in [0.25, 0.3) is 0 Å². The molecule has 4 nitrogen and oxygen atoms in total. The van der Waals surface area contributed by atoms with Crippen LogP contribution in [0.1, 0.15) is 17.3 Å². The van der Waals surface area contributed by atoms with Crippen molar-refractivity contribution in [2.45, 2.75) is 17.1 Å². The molecule has 0 heterocycles. The van der Waals surface area contributed by atoms with E-state index in [9.17, 15) is 14.0 Å². The molecule has 22 heavy (non-hydrogen) atoms. The Labute approximate surface area is 131 Å². The number of thioether (sulfide) groups is 1. The summed E-state index contributed by atoms with van der Waals surface area (Å²) >= 11 is 1.14. The number of carbonyl (C=O) groups excluding carboxylic acids is 1. The summed E-state index contributed by atoms with van der Waals surface area (Å²) in [5, 5.41) is 11.2. The first-order valence-corrected chi connectivity index (χ1v) is 7.41. The second kappa shape index (κ2) is 7.09. The molecule has 2 aromatic rings. The van der Waals surface area contributed by atoms with Gasteiger partial charge < -0.3 is 10.4 Å². The number of aromatic carboxylic acids is 1. The maximum atomic E-state index is 13.1. The molecule has 2 aromatic carbocycles. The zero-order chi connectivity index (χ0) is 16.1. The normalized spacial score (nSPS) is 11.7. The van der Waals surface area contributed by atoms with Crippen molar-refractivity contribution in [1.29, 1.82) is 0 Å². The zero-order valence-corrected chi connectivity index (χ0v) is 12.6. The lowest BCUT2D eigenvalue weighted by Gasteiger charge is -2.13. The fourth-order valence-corrected chi connectivity index (χ4v) is 2.79. The van der Waals surface area contributed by atoms with Gasteiger partial charge in [0, 0.05) is 10.6 Å². The average molecular weight is 319 g/mol. The van der Waals surface area contributed by atoms with Gasteiger partial charge in [0.2, 0.25) is 5.91 Å². The van der Waals surface area contributed by atoms with E-state index in [1.54, 1.807) is 31.2 Å². The van der Waals surface area contributed by atoms with Gasteiger partial charge in [0.05, 0.1) is 10.8 Å². The number of carbonyl (C=O) groups is 2. The van der Waals surface area contributed by atoms with Gasteiger partial charge in [-0.1, -0.05) is 18.2 Å². The van der Waals surface area contributed by atoms with Gasteiger partial charge in [-0.15, -0.1) is 11.8 Å². The number of halogens is 1. The Morgan fingerprint density at radius 3 is 2.59 bits per heavy atom. The molecule has 6 heteroatoms. The van der Waals surface area contributed by atoms with Gasteiger partial charge in [-0.05, 0) is 37.3 Å². The summed E-state index contributed by atoms with van der Waals surface area (Å²) < 4.78 is 13.1. The Hall–Kier alpha value is -2.34. The summed E-state index contributed by atoms with van der Waals surface area (Å²) in [6.45, 7) is 1.66. The molecule has 0 aromatic heterocycles. The summed E-state index contributed by atoms with van der Waals surface area (Å²) in [7, 11) is 0. The predicted molar refractivity (Wildman–Crippen MR) is 83.8 cm³/mol. The Kier molecular flexibility index (Phi) is 5.16. The van der Waals surface area contributed by atoms with Gasteiger partial charge in [0.1, 0.15) is 5.82 Å². The maximum Gasteiger partial charge on any atom is 0.336 e. The minimum atomic E-state index is -1.04. The number of benzene rings is 2. The highest BCUT2D eigenvalue weighted by Gasteiger charge is 2.18. The van der Waals surface area contributed by atoms with Crippen LogP contribution < -0.4 is 5.32 Å². The van der Waals surface area contributed by atoms with Crippen LogP contribution >= 0.6 is 11.8 Å². The molecule has 0 spiro atoms. The van der Waals surface area contributed by atoms with Crippen LogP contribution in [0.2, 0.25) is 0 Å². The molecule has 0 bridgehead atoms. The molecule has 0 unspecified atom stereocenters. The van der Waals surface area contributed by atoms with Crippen LogP contribution in [-0.2, 0) is 4.79 Å². The molecule has 0 aliphatic carbocycles. The van der Waals surface area contributed by atoms with Crippen molar-refractivity contribution >= 4 is 29.3 Å². The van der Waals surface area contributed by atoms with E-state index in [1.165, 1.54) is 24.3 Å². The summed E-state index contributed by atoms with van der Waals surface area (Å²) in [6.07, 6.45) is 0. The van der Waals surface area contributed by atoms with Gasteiger partial charge >= 0.3 is 5.97 Å². The zero-order valence-electron chi connectivity index (χ0n) is 11.7. The van der Waals surface area contributed by atoms with Crippen LogP contribution in [0.15, 0.2) is 53.4 Å². The minimum absolute atomic E-state index is 0.151. The van der Waals surface area contributed by atoms with Crippen molar-refractivity contribution in [2.24, 2.45) is 0 Å². The highest BCUT2D eigenvalue weighted by Crippen LogP contribution is 2.27. The van der Waals surface area contributed by atoms with E-state index >= 15 is 0 Å². The first kappa shape index (κ1) is 16.0. The minimum Gasteiger partial charge on any atom is -0.478 e. The number of hydrogen-bond acceptors (Lipinski definition) is 3. The van der Waals surface area contributed by atoms with E-state index < -0.39 is 17.0 Å². The molecule has 0 saturated heterocycles. The summed E-state index contributed by atoms with van der Waals surface area (Å²) in [4.78, 5) is 23.8. The molecule has 1 atom stereocenters. The molecular formula is C16H14FNO3S. The van der Waals surface area contributed by atoms with Crippen molar-refractivity contribution in [3.63, 3.8) is 0 Å². The number of carboxylic acids is 1. The SMILES string of the molecule is C[C@H](Sc1ccccc1C(=O)O)C(=O)Nc1cccc(F)c1. The molecule has 2 N–H and O–H groups in total. The molecule has 0 aliphatic rings. The standard InChI is InChI=1S/C16H14FNO3S/c1-10(15(19)18-12-6-4-5-11(17)9-12)22-14-8-3-2-7-13(14)16(20)21/h2-10H,1H3,(H,18,19)(H,20,21)/t10-/m0/s1. The third-order valence-electron chi connectivity index (χ3n) is 2.88. The lowest BCUT2D eigenvalue weighted by atomic mass is 10.2. The molecule has 114 valence electrons. The van der Waals surface area contributed by atoms with Gasteiger partial charge in [-0.3, -0.25) is 4.79 Å². The van der Waals surface area contributed by atoms with Gasteiger partial charge in [-0.2, -0.15) is 0 Å². The third-order valence-corrected chi connectivity index (χ3v) is 4.06. The molecule has 0 saturated carbocycles. The Balaban J connectivity index is 2.07. The highest BCUT2D eigenvalue weighted by atomic mass is 32.2. The van der Waals surface area contributed by atoms with E-state index in [-0.39, 0.29) is 11.5 Å². The lowest BCUT2D eigenvalue weighted by Crippen LogP contribution is -2.22. The monoisotopic (exact) mass is 319 g/mol. The summed E-state index contributed by atoms with van der Waals surface area (Å²) in [5.41, 5.74) is 0.516. The Bertz CT molecular complexity index is 705. The Morgan fingerprint density at radius 1 is 1.18 bits per heavy atom. The average Bonchev–Trinajstić information content (AvgIpc) is 2.47. The van der Waals surface area contributed by atoms with Gasteiger partial charge in [0.15, 0.2) is 0 Å². The maximum absolute atomic E-state index is 13.1. The molecule has 0 aliphatic heterocycles. The van der Waals surface area contributed by atoms with Crippen LogP contribution in [-0.4, -0.2) is 22.2 Å². The van der Waals surface area contributed by atoms with E-state index in [1.807, 2.05) is 0 Å². The predicted octanol–water partition coefficient (Wildman–Crippen LogP) is 3.64. The number of hydrogen-bond donors (Lipinski definition) is 2. The van der Waals surface area contributed by atoms with E-state index in [0.717, 1.165) is 11.8 Å². The van der Waals surface area contributed by atoms with E-state index in [0.29, 0.717) is 10.6 Å². The second-order valence-corrected chi connectivity index (χ2v) is 5.94. The summed E-state index contributed by atoms with van der Waals surface area (Å²) in [6, 6.07) is 12.1. The van der Waals surface area contributed by atoms with Crippen LogP contribution in [0, 0.1) is 5.82 Å². The number of carboxylic acid groups (broad SMARTS) is 1. The van der Waals surface area contributed by atoms with E-state index in [2.05, 4.69) is 5.32 Å². The number of amides is 1. The molecule has 0 fully saturated rings. The summed E-state index contributed by atoms with van der Waals surface area (Å²) in [5.74, 6) is -1.80. The first-order valence-electron chi connectivity index (χ1n) is 6.53. The number of rotatable bonds is 5. The van der Waals surface area contributed by atoms with Crippen LogP contribution in [0.3, 0.4) is 0 Å². The number of anilines is 1. The van der Waals surface area contributed by atoms with Crippen molar-refractivity contribution < 1.29 is 19.1 Å². The van der Waals surface area contributed by atoms with Crippen molar-refractivity contribution in [2.75, 3.05) is 5.32 Å². The smallest absolute Gasteiger partial charge is 0.336 e. The quantitative estimate of drug-likeness (QED) is 0.826. The van der Waals surface area contributed by atoms with Crippen LogP contribution in [0.25, 0.3) is 0 Å². The Morgan fingerprint density at radius 2 is 1.91 bits per heavy atom. The van der Waals surface area contributed by atoms with Crippen molar-refractivity contribution in [3.05, 3.63) is 59.9 Å². The highest BCUT2D eigenvalue weighted by molar-refractivity contribution is 8.00. The largest absolute Gasteiger partial charge is 0.478 e. The van der Waals surface area contributed by atoms with Gasteiger partial charge in [-0.25, -0.2) is 9.18 Å². The van der Waals surface area contributed by atoms with Crippen molar-refractivity contribution in [1.82, 2.24) is 0 Å². The van der Waals surface area contributed by atoms with Crippen LogP contribution in [0.4, 0.5) is 10.1 Å². The van der Waals surface area contributed by atoms with E-state index in [4.69, 9.17) is 5.11 Å². The van der Waals surface area contributed by atoms with Crippen LogP contribution in [0.5, 0.6) is 0 Å². The lowest BCUT2D eigenvalue weighted by molar-refractivity contribution is -0.115. The number of nitrogens with one attached hydrogen (secondary N) is 1. The third kappa shape index (κ3) is 4.08. The first-order chi connectivity index (χ1) is 10.5. The molecule has 2 rings (SSSR count). The fourth-order valence-electron chi connectivity index (χ4n) is 1.80. The molecular weight excluding hydrogens is 305 g/mol. The fraction of sp³-hybridized carbons (Fsp3) is 0.125. The second-order valence-electron chi connectivity index (χ2n) is 4.56. The van der Waals surface area contributed by atoms with Crippen molar-refractivity contribution in [3.8, 4) is 0 Å². The topological polar surface area (TPSA) is 66.4 Å².